The lowest BCUT2D eigenvalue weighted by molar-refractivity contribution is -0.145. The fourth-order valence-electron chi connectivity index (χ4n) is 1.66. The van der Waals surface area contributed by atoms with Crippen LogP contribution in [0.1, 0.15) is 18.4 Å². The number of carbonyl (C=O) groups is 1. The van der Waals surface area contributed by atoms with Crippen LogP contribution in [0.4, 0.5) is 0 Å². The van der Waals surface area contributed by atoms with Crippen LogP contribution in [0.5, 0.6) is 0 Å². The van der Waals surface area contributed by atoms with Gasteiger partial charge in [-0.1, -0.05) is 30.3 Å². The molecule has 0 fully saturated rings. The van der Waals surface area contributed by atoms with Crippen LogP contribution in [0.15, 0.2) is 30.3 Å². The van der Waals surface area contributed by atoms with Gasteiger partial charge >= 0.3 is 5.97 Å². The van der Waals surface area contributed by atoms with E-state index in [1.54, 1.807) is 0 Å². The van der Waals surface area contributed by atoms with Gasteiger partial charge in [0, 0.05) is 6.26 Å². The second-order valence-electron chi connectivity index (χ2n) is 4.78. The first-order valence-electron chi connectivity index (χ1n) is 6.52. The first-order chi connectivity index (χ1) is 9.38. The van der Waals surface area contributed by atoms with Crippen molar-refractivity contribution in [3.05, 3.63) is 35.9 Å². The van der Waals surface area contributed by atoms with Gasteiger partial charge in [0.05, 0.1) is 12.4 Å². The number of nitrogens with two attached hydrogens (primary N) is 1. The molecule has 0 heterocycles. The molecule has 1 aromatic carbocycles. The van der Waals surface area contributed by atoms with Crippen molar-refractivity contribution >= 4 is 15.8 Å². The van der Waals surface area contributed by atoms with E-state index in [2.05, 4.69) is 0 Å². The minimum Gasteiger partial charge on any atom is -0.465 e. The van der Waals surface area contributed by atoms with Gasteiger partial charge in [-0.15, -0.1) is 0 Å². The Balaban J connectivity index is 2.19. The first kappa shape index (κ1) is 16.7. The zero-order chi connectivity index (χ0) is 15.0. The van der Waals surface area contributed by atoms with Crippen LogP contribution in [0.2, 0.25) is 0 Å². The summed E-state index contributed by atoms with van der Waals surface area (Å²) < 4.78 is 27.0. The van der Waals surface area contributed by atoms with Crippen molar-refractivity contribution in [1.82, 2.24) is 0 Å². The predicted molar refractivity (Wildman–Crippen MR) is 78.0 cm³/mol. The summed E-state index contributed by atoms with van der Waals surface area (Å²) in [4.78, 5) is 11.5. The molecule has 1 atom stereocenters. The zero-order valence-electron chi connectivity index (χ0n) is 11.6. The van der Waals surface area contributed by atoms with Crippen molar-refractivity contribution in [1.29, 1.82) is 0 Å². The molecule has 0 amide bonds. The van der Waals surface area contributed by atoms with E-state index in [0.29, 0.717) is 13.0 Å². The molecule has 0 saturated carbocycles. The third-order valence-corrected chi connectivity index (χ3v) is 3.78. The summed E-state index contributed by atoms with van der Waals surface area (Å²) in [6.45, 7) is 0.292. The van der Waals surface area contributed by atoms with Crippen molar-refractivity contribution in [3.63, 3.8) is 0 Å². The molecule has 1 unspecified atom stereocenters. The molecule has 6 heteroatoms. The lowest BCUT2D eigenvalue weighted by atomic mass is 10.1. The molecule has 20 heavy (non-hydrogen) atoms. The highest BCUT2D eigenvalue weighted by molar-refractivity contribution is 7.90. The molecule has 112 valence electrons. The van der Waals surface area contributed by atoms with Crippen molar-refractivity contribution < 1.29 is 17.9 Å². The Morgan fingerprint density at radius 2 is 1.95 bits per heavy atom. The van der Waals surface area contributed by atoms with Gasteiger partial charge in [-0.25, -0.2) is 8.42 Å². The van der Waals surface area contributed by atoms with Crippen molar-refractivity contribution in [3.8, 4) is 0 Å². The monoisotopic (exact) mass is 299 g/mol. The molecule has 5 nitrogen and oxygen atoms in total. The highest BCUT2D eigenvalue weighted by atomic mass is 32.2. The Kier molecular flexibility index (Phi) is 6.67. The minimum absolute atomic E-state index is 0.0936. The predicted octanol–water partition coefficient (Wildman–Crippen LogP) is 0.924. The van der Waals surface area contributed by atoms with Crippen LogP contribution in [0, 0.1) is 0 Å². The SMILES string of the molecule is CS(=O)(=O)CCC(N)C(=O)OCCCc1ccccc1. The van der Waals surface area contributed by atoms with Gasteiger partial charge in [0.15, 0.2) is 0 Å². The maximum atomic E-state index is 11.5. The Labute approximate surface area is 120 Å². The van der Waals surface area contributed by atoms with Crippen LogP contribution >= 0.6 is 0 Å². The van der Waals surface area contributed by atoms with Crippen LogP contribution < -0.4 is 5.73 Å². The van der Waals surface area contributed by atoms with Gasteiger partial charge in [0.1, 0.15) is 15.9 Å². The summed E-state index contributed by atoms with van der Waals surface area (Å²) in [7, 11) is -3.10. The van der Waals surface area contributed by atoms with E-state index in [4.69, 9.17) is 10.5 Å². The molecule has 2 N–H and O–H groups in total. The smallest absolute Gasteiger partial charge is 0.322 e. The number of hydrogen-bond donors (Lipinski definition) is 1. The molecular formula is C14H21NO4S. The van der Waals surface area contributed by atoms with Crippen molar-refractivity contribution in [2.75, 3.05) is 18.6 Å². The van der Waals surface area contributed by atoms with E-state index >= 15 is 0 Å². The number of rotatable bonds is 8. The molecule has 1 rings (SSSR count). The Morgan fingerprint density at radius 3 is 2.55 bits per heavy atom. The van der Waals surface area contributed by atoms with Crippen LogP contribution in [0.25, 0.3) is 0 Å². The number of aryl methyl sites for hydroxylation is 1. The molecule has 0 aliphatic rings. The largest absolute Gasteiger partial charge is 0.465 e. The van der Waals surface area contributed by atoms with E-state index in [1.165, 1.54) is 5.56 Å². The van der Waals surface area contributed by atoms with Gasteiger partial charge < -0.3 is 10.5 Å². The van der Waals surface area contributed by atoms with Gasteiger partial charge in [-0.2, -0.15) is 0 Å². The standard InChI is InChI=1S/C14H21NO4S/c1-20(17,18)11-9-13(15)14(16)19-10-5-8-12-6-3-2-4-7-12/h2-4,6-7,13H,5,8-11,15H2,1H3. The number of esters is 1. The minimum atomic E-state index is -3.10. The van der Waals surface area contributed by atoms with Crippen molar-refractivity contribution in [2.45, 2.75) is 25.3 Å². The van der Waals surface area contributed by atoms with E-state index in [0.717, 1.165) is 12.7 Å². The van der Waals surface area contributed by atoms with Gasteiger partial charge in [-0.05, 0) is 24.8 Å². The van der Waals surface area contributed by atoms with E-state index in [1.807, 2.05) is 30.3 Å². The topological polar surface area (TPSA) is 86.5 Å². The Morgan fingerprint density at radius 1 is 1.30 bits per heavy atom. The number of carbonyl (C=O) groups excluding carboxylic acids is 1. The number of hydrogen-bond acceptors (Lipinski definition) is 5. The molecule has 0 aliphatic heterocycles. The van der Waals surface area contributed by atoms with E-state index < -0.39 is 21.8 Å². The summed E-state index contributed by atoms with van der Waals surface area (Å²) >= 11 is 0. The third-order valence-electron chi connectivity index (χ3n) is 2.80. The average Bonchev–Trinajstić information content (AvgIpc) is 2.41. The second kappa shape index (κ2) is 8.01. The summed E-state index contributed by atoms with van der Waals surface area (Å²) in [6, 6.07) is 9.02. The molecule has 0 spiro atoms. The normalized spacial score (nSPS) is 12.9. The van der Waals surface area contributed by atoms with Gasteiger partial charge in [0.25, 0.3) is 0 Å². The first-order valence-corrected chi connectivity index (χ1v) is 8.58. The maximum absolute atomic E-state index is 11.5. The number of sulfone groups is 1. The summed E-state index contributed by atoms with van der Waals surface area (Å²) in [5.41, 5.74) is 6.76. The van der Waals surface area contributed by atoms with Gasteiger partial charge in [0.2, 0.25) is 0 Å². The highest BCUT2D eigenvalue weighted by Crippen LogP contribution is 2.03. The molecule has 0 aromatic heterocycles. The van der Waals surface area contributed by atoms with Gasteiger partial charge in [-0.3, -0.25) is 4.79 Å². The Bertz CT molecular complexity index is 513. The average molecular weight is 299 g/mol. The molecule has 0 bridgehead atoms. The fourth-order valence-corrected chi connectivity index (χ4v) is 2.34. The fraction of sp³-hybridized carbons (Fsp3) is 0.500. The van der Waals surface area contributed by atoms with Crippen LogP contribution in [-0.2, 0) is 25.8 Å². The lowest BCUT2D eigenvalue weighted by Gasteiger charge is -2.10. The molecular weight excluding hydrogens is 278 g/mol. The van der Waals surface area contributed by atoms with E-state index in [-0.39, 0.29) is 12.2 Å². The lowest BCUT2D eigenvalue weighted by Crippen LogP contribution is -2.34. The Hall–Kier alpha value is -1.40. The summed E-state index contributed by atoms with van der Waals surface area (Å²) in [5.74, 6) is -0.644. The maximum Gasteiger partial charge on any atom is 0.322 e. The quantitative estimate of drug-likeness (QED) is 0.570. The zero-order valence-corrected chi connectivity index (χ0v) is 12.4. The van der Waals surface area contributed by atoms with E-state index in [9.17, 15) is 13.2 Å². The highest BCUT2D eigenvalue weighted by Gasteiger charge is 2.17. The third kappa shape index (κ3) is 7.25. The summed E-state index contributed by atoms with van der Waals surface area (Å²) in [5, 5.41) is 0. The number of benzene rings is 1. The van der Waals surface area contributed by atoms with Crippen LogP contribution in [-0.4, -0.2) is 39.0 Å². The van der Waals surface area contributed by atoms with Crippen molar-refractivity contribution in [2.24, 2.45) is 5.73 Å². The molecule has 0 saturated heterocycles. The molecule has 1 aromatic rings. The molecule has 0 aliphatic carbocycles. The summed E-state index contributed by atoms with van der Waals surface area (Å²) in [6.07, 6.45) is 2.75. The van der Waals surface area contributed by atoms with Crippen LogP contribution in [0.3, 0.4) is 0 Å². The molecule has 0 radical (unpaired) electrons. The number of ether oxygens (including phenoxy) is 1. The second-order valence-corrected chi connectivity index (χ2v) is 7.04.